The number of benzene rings is 1. The van der Waals surface area contributed by atoms with Crippen LogP contribution in [-0.2, 0) is 6.54 Å². The molecule has 0 aliphatic rings. The van der Waals surface area contributed by atoms with E-state index in [0.717, 1.165) is 16.7 Å². The van der Waals surface area contributed by atoms with Gasteiger partial charge in [0.2, 0.25) is 0 Å². The maximum absolute atomic E-state index is 5.46. The number of nitrogens with two attached hydrogens (primary N) is 1. The zero-order valence-corrected chi connectivity index (χ0v) is 6.87. The van der Waals surface area contributed by atoms with Crippen LogP contribution in [0.5, 0.6) is 0 Å². The van der Waals surface area contributed by atoms with Crippen LogP contribution in [0.2, 0.25) is 0 Å². The molecule has 1 aromatic carbocycles. The van der Waals surface area contributed by atoms with Gasteiger partial charge in [-0.1, -0.05) is 11.2 Å². The highest BCUT2D eigenvalue weighted by Crippen LogP contribution is 2.18. The van der Waals surface area contributed by atoms with E-state index in [9.17, 15) is 0 Å². The molecule has 0 aliphatic heterocycles. The van der Waals surface area contributed by atoms with Crippen molar-refractivity contribution in [2.75, 3.05) is 0 Å². The molecule has 0 radical (unpaired) electrons. The summed E-state index contributed by atoms with van der Waals surface area (Å²) in [5.41, 5.74) is 7.53. The van der Waals surface area contributed by atoms with Gasteiger partial charge in [-0.3, -0.25) is 0 Å². The molecule has 0 bridgehead atoms. The lowest BCUT2D eigenvalue weighted by molar-refractivity contribution is 0.392. The van der Waals surface area contributed by atoms with Crippen molar-refractivity contribution in [1.29, 1.82) is 0 Å². The molecule has 2 N–H and O–H groups in total. The van der Waals surface area contributed by atoms with Crippen molar-refractivity contribution in [3.8, 4) is 0 Å². The van der Waals surface area contributed by atoms with Crippen molar-refractivity contribution in [1.82, 2.24) is 5.16 Å². The van der Waals surface area contributed by atoms with Crippen LogP contribution in [0.15, 0.2) is 22.7 Å². The fourth-order valence-corrected chi connectivity index (χ4v) is 1.25. The lowest BCUT2D eigenvalue weighted by atomic mass is 10.1. The molecule has 0 fully saturated rings. The molecule has 0 amide bonds. The third-order valence-corrected chi connectivity index (χ3v) is 1.89. The maximum Gasteiger partial charge on any atom is 0.158 e. The van der Waals surface area contributed by atoms with Gasteiger partial charge in [0, 0.05) is 5.39 Å². The molecular weight excluding hydrogens is 152 g/mol. The summed E-state index contributed by atoms with van der Waals surface area (Å²) in [6.45, 7) is 2.43. The summed E-state index contributed by atoms with van der Waals surface area (Å²) in [4.78, 5) is 0. The molecule has 0 saturated carbocycles. The van der Waals surface area contributed by atoms with E-state index in [0.29, 0.717) is 6.54 Å². The average molecular weight is 162 g/mol. The molecule has 0 aliphatic carbocycles. The minimum absolute atomic E-state index is 0.402. The summed E-state index contributed by atoms with van der Waals surface area (Å²) in [5, 5.41) is 4.91. The zero-order chi connectivity index (χ0) is 8.55. The molecule has 0 spiro atoms. The molecule has 2 aromatic rings. The average Bonchev–Trinajstić information content (AvgIpc) is 2.46. The number of rotatable bonds is 1. The van der Waals surface area contributed by atoms with Gasteiger partial charge in [0.15, 0.2) is 5.76 Å². The molecule has 2 rings (SSSR count). The lowest BCUT2D eigenvalue weighted by Crippen LogP contribution is -1.93. The predicted molar refractivity (Wildman–Crippen MR) is 46.6 cm³/mol. The lowest BCUT2D eigenvalue weighted by Gasteiger charge is -1.90. The van der Waals surface area contributed by atoms with Gasteiger partial charge < -0.3 is 10.3 Å². The first kappa shape index (κ1) is 7.31. The summed E-state index contributed by atoms with van der Waals surface area (Å²) in [6, 6.07) is 6.00. The van der Waals surface area contributed by atoms with E-state index in [1.54, 1.807) is 0 Å². The van der Waals surface area contributed by atoms with Crippen LogP contribution < -0.4 is 5.73 Å². The Morgan fingerprint density at radius 3 is 3.08 bits per heavy atom. The summed E-state index contributed by atoms with van der Waals surface area (Å²) in [7, 11) is 0. The summed E-state index contributed by atoms with van der Waals surface area (Å²) < 4.78 is 5.04. The molecule has 12 heavy (non-hydrogen) atoms. The minimum atomic E-state index is 0.402. The molecule has 0 saturated heterocycles. The van der Waals surface area contributed by atoms with E-state index in [1.165, 1.54) is 5.56 Å². The first-order valence-electron chi connectivity index (χ1n) is 3.86. The molecular formula is C9H10N2O. The van der Waals surface area contributed by atoms with Crippen LogP contribution in [0.4, 0.5) is 0 Å². The predicted octanol–water partition coefficient (Wildman–Crippen LogP) is 1.59. The van der Waals surface area contributed by atoms with Gasteiger partial charge in [0.1, 0.15) is 5.52 Å². The van der Waals surface area contributed by atoms with Crippen LogP contribution in [0.3, 0.4) is 0 Å². The Kier molecular flexibility index (Phi) is 1.59. The van der Waals surface area contributed by atoms with Crippen molar-refractivity contribution in [2.24, 2.45) is 5.73 Å². The number of aryl methyl sites for hydroxylation is 1. The minimum Gasteiger partial charge on any atom is -0.359 e. The van der Waals surface area contributed by atoms with Crippen molar-refractivity contribution in [3.05, 3.63) is 29.5 Å². The van der Waals surface area contributed by atoms with Crippen molar-refractivity contribution in [2.45, 2.75) is 13.5 Å². The van der Waals surface area contributed by atoms with Gasteiger partial charge in [-0.25, -0.2) is 0 Å². The fraction of sp³-hybridized carbons (Fsp3) is 0.222. The standard InChI is InChI=1S/C9H10N2O/c1-6-2-3-7-8(4-6)11-12-9(7)5-10/h2-4H,5,10H2,1H3. The van der Waals surface area contributed by atoms with E-state index in [1.807, 2.05) is 25.1 Å². The largest absolute Gasteiger partial charge is 0.359 e. The van der Waals surface area contributed by atoms with Crippen LogP contribution in [-0.4, -0.2) is 5.16 Å². The van der Waals surface area contributed by atoms with Gasteiger partial charge >= 0.3 is 0 Å². The molecule has 62 valence electrons. The highest BCUT2D eigenvalue weighted by Gasteiger charge is 2.04. The Hall–Kier alpha value is -1.35. The molecule has 0 unspecified atom stereocenters. The molecule has 1 heterocycles. The summed E-state index contributed by atoms with van der Waals surface area (Å²) >= 11 is 0. The van der Waals surface area contributed by atoms with Crippen LogP contribution >= 0.6 is 0 Å². The van der Waals surface area contributed by atoms with Crippen LogP contribution in [0.1, 0.15) is 11.3 Å². The third kappa shape index (κ3) is 0.987. The summed E-state index contributed by atoms with van der Waals surface area (Å²) in [5.74, 6) is 0.755. The van der Waals surface area contributed by atoms with Crippen LogP contribution in [0.25, 0.3) is 10.9 Å². The Morgan fingerprint density at radius 1 is 1.50 bits per heavy atom. The molecule has 1 aromatic heterocycles. The highest BCUT2D eigenvalue weighted by atomic mass is 16.5. The van der Waals surface area contributed by atoms with Gasteiger partial charge in [0.25, 0.3) is 0 Å². The quantitative estimate of drug-likeness (QED) is 0.692. The number of nitrogens with zero attached hydrogens (tertiary/aromatic N) is 1. The molecule has 3 heteroatoms. The van der Waals surface area contributed by atoms with E-state index in [2.05, 4.69) is 5.16 Å². The van der Waals surface area contributed by atoms with Crippen molar-refractivity contribution < 1.29 is 4.52 Å². The van der Waals surface area contributed by atoms with Crippen LogP contribution in [0, 0.1) is 6.92 Å². The Morgan fingerprint density at radius 2 is 2.33 bits per heavy atom. The van der Waals surface area contributed by atoms with Crippen molar-refractivity contribution >= 4 is 10.9 Å². The van der Waals surface area contributed by atoms with Gasteiger partial charge in [-0.15, -0.1) is 0 Å². The monoisotopic (exact) mass is 162 g/mol. The van der Waals surface area contributed by atoms with Gasteiger partial charge in [-0.2, -0.15) is 0 Å². The Balaban J connectivity index is 2.73. The maximum atomic E-state index is 5.46. The van der Waals surface area contributed by atoms with Gasteiger partial charge in [-0.05, 0) is 24.6 Å². The van der Waals surface area contributed by atoms with E-state index in [-0.39, 0.29) is 0 Å². The fourth-order valence-electron chi connectivity index (χ4n) is 1.25. The van der Waals surface area contributed by atoms with E-state index < -0.39 is 0 Å². The highest BCUT2D eigenvalue weighted by molar-refractivity contribution is 5.80. The first-order chi connectivity index (χ1) is 5.81. The zero-order valence-electron chi connectivity index (χ0n) is 6.87. The second-order valence-electron chi connectivity index (χ2n) is 2.83. The smallest absolute Gasteiger partial charge is 0.158 e. The molecule has 0 atom stereocenters. The number of fused-ring (bicyclic) bond motifs is 1. The number of hydrogen-bond donors (Lipinski definition) is 1. The Bertz CT molecular complexity index is 406. The van der Waals surface area contributed by atoms with Crippen molar-refractivity contribution in [3.63, 3.8) is 0 Å². The second-order valence-corrected chi connectivity index (χ2v) is 2.83. The number of hydrogen-bond acceptors (Lipinski definition) is 3. The Labute approximate surface area is 70.1 Å². The second kappa shape index (κ2) is 2.60. The van der Waals surface area contributed by atoms with E-state index in [4.69, 9.17) is 10.3 Å². The SMILES string of the molecule is Cc1ccc2c(CN)onc2c1. The molecule has 3 nitrogen and oxygen atoms in total. The van der Waals surface area contributed by atoms with E-state index >= 15 is 0 Å². The first-order valence-corrected chi connectivity index (χ1v) is 3.86. The number of aromatic nitrogens is 1. The third-order valence-electron chi connectivity index (χ3n) is 1.89. The normalized spacial score (nSPS) is 10.8. The topological polar surface area (TPSA) is 52.0 Å². The summed E-state index contributed by atoms with van der Waals surface area (Å²) in [6.07, 6.45) is 0. The van der Waals surface area contributed by atoms with Gasteiger partial charge in [0.05, 0.1) is 6.54 Å².